The van der Waals surface area contributed by atoms with E-state index in [1.807, 2.05) is 0 Å². The molecule has 2 rings (SSSR count). The second-order valence-electron chi connectivity index (χ2n) is 6.58. The topological polar surface area (TPSA) is 15.3 Å². The van der Waals surface area contributed by atoms with Gasteiger partial charge in [0.15, 0.2) is 0 Å². The Hall–Kier alpha value is 0.270. The van der Waals surface area contributed by atoms with E-state index in [9.17, 15) is 0 Å². The summed E-state index contributed by atoms with van der Waals surface area (Å²) in [6, 6.07) is 1.48. The van der Waals surface area contributed by atoms with Crippen molar-refractivity contribution in [3.63, 3.8) is 0 Å². The lowest BCUT2D eigenvalue weighted by molar-refractivity contribution is 0.199. The Kier molecular flexibility index (Phi) is 7.03. The summed E-state index contributed by atoms with van der Waals surface area (Å²) in [7, 11) is 2.30. The Balaban J connectivity index is 1.64. The van der Waals surface area contributed by atoms with Crippen molar-refractivity contribution in [1.29, 1.82) is 0 Å². The summed E-state index contributed by atoms with van der Waals surface area (Å²) >= 11 is 2.13. The molecule has 0 radical (unpaired) electrons. The summed E-state index contributed by atoms with van der Waals surface area (Å²) in [4.78, 5) is 2.57. The van der Waals surface area contributed by atoms with Gasteiger partial charge < -0.3 is 5.32 Å². The van der Waals surface area contributed by atoms with Gasteiger partial charge in [-0.3, -0.25) is 4.90 Å². The first-order chi connectivity index (χ1) is 9.27. The summed E-state index contributed by atoms with van der Waals surface area (Å²) in [6.07, 6.45) is 10.2. The van der Waals surface area contributed by atoms with Crippen molar-refractivity contribution in [2.24, 2.45) is 5.92 Å². The van der Waals surface area contributed by atoms with Gasteiger partial charge in [0.05, 0.1) is 0 Å². The van der Waals surface area contributed by atoms with E-state index in [0.29, 0.717) is 0 Å². The Morgan fingerprint density at radius 3 is 2.42 bits per heavy atom. The quantitative estimate of drug-likeness (QED) is 0.852. The molecule has 1 heterocycles. The van der Waals surface area contributed by atoms with E-state index in [-0.39, 0.29) is 0 Å². The fourth-order valence-electron chi connectivity index (χ4n) is 3.37. The highest BCUT2D eigenvalue weighted by Crippen LogP contribution is 2.22. The fourth-order valence-corrected chi connectivity index (χ4v) is 4.71. The largest absolute Gasteiger partial charge is 0.315 e. The molecule has 0 aromatic heterocycles. The monoisotopic (exact) mass is 284 g/mol. The second kappa shape index (κ2) is 8.53. The van der Waals surface area contributed by atoms with Crippen LogP contribution in [0.2, 0.25) is 0 Å². The van der Waals surface area contributed by atoms with Gasteiger partial charge in [-0.2, -0.15) is 11.8 Å². The number of nitrogens with zero attached hydrogens (tertiary/aromatic N) is 1. The predicted molar refractivity (Wildman–Crippen MR) is 87.0 cm³/mol. The first-order valence-electron chi connectivity index (χ1n) is 8.27. The Morgan fingerprint density at radius 1 is 1.00 bits per heavy atom. The molecule has 0 aromatic carbocycles. The van der Waals surface area contributed by atoms with Crippen molar-refractivity contribution in [1.82, 2.24) is 10.2 Å². The smallest absolute Gasteiger partial charge is 0.0311 e. The molecule has 0 aromatic rings. The molecule has 2 atom stereocenters. The van der Waals surface area contributed by atoms with E-state index < -0.39 is 0 Å². The minimum Gasteiger partial charge on any atom is -0.315 e. The third kappa shape index (κ3) is 5.28. The second-order valence-corrected chi connectivity index (χ2v) is 7.65. The fraction of sp³-hybridized carbons (Fsp3) is 1.00. The molecule has 3 heteroatoms. The van der Waals surface area contributed by atoms with Crippen molar-refractivity contribution < 1.29 is 0 Å². The number of likely N-dealkylation sites (N-methyl/N-ethyl adjacent to an activating group) is 1. The Bertz CT molecular complexity index is 239. The number of hydrogen-bond acceptors (Lipinski definition) is 3. The highest BCUT2D eigenvalue weighted by Gasteiger charge is 2.24. The van der Waals surface area contributed by atoms with Gasteiger partial charge in [-0.25, -0.2) is 0 Å². The lowest BCUT2D eigenvalue weighted by Gasteiger charge is -2.37. The van der Waals surface area contributed by atoms with Crippen LogP contribution in [0.4, 0.5) is 0 Å². The van der Waals surface area contributed by atoms with E-state index in [1.165, 1.54) is 69.5 Å². The van der Waals surface area contributed by atoms with E-state index >= 15 is 0 Å². The zero-order chi connectivity index (χ0) is 13.5. The SMILES string of the molecule is CC1CSC[C@@H](CNCC2CCCCCCC2)N1C. The van der Waals surface area contributed by atoms with Crippen molar-refractivity contribution in [2.75, 3.05) is 31.6 Å². The summed E-state index contributed by atoms with van der Waals surface area (Å²) in [5.74, 6) is 3.55. The van der Waals surface area contributed by atoms with Crippen LogP contribution in [-0.4, -0.2) is 48.6 Å². The van der Waals surface area contributed by atoms with Crippen LogP contribution in [0.15, 0.2) is 0 Å². The number of nitrogens with one attached hydrogen (secondary N) is 1. The number of thioether (sulfide) groups is 1. The zero-order valence-electron chi connectivity index (χ0n) is 12.9. The molecule has 1 N–H and O–H groups in total. The molecule has 2 aliphatic rings. The average molecular weight is 285 g/mol. The molecule has 1 unspecified atom stereocenters. The average Bonchev–Trinajstić information content (AvgIpc) is 2.37. The molecule has 2 fully saturated rings. The van der Waals surface area contributed by atoms with Crippen LogP contribution in [0.25, 0.3) is 0 Å². The Labute approximate surface area is 124 Å². The summed E-state index contributed by atoms with van der Waals surface area (Å²) in [6.45, 7) is 4.79. The normalized spacial score (nSPS) is 31.9. The molecule has 19 heavy (non-hydrogen) atoms. The third-order valence-corrected chi connectivity index (χ3v) is 6.32. The third-order valence-electron chi connectivity index (χ3n) is 4.98. The van der Waals surface area contributed by atoms with Gasteiger partial charge in [0.1, 0.15) is 0 Å². The minimum absolute atomic E-state index is 0.738. The highest BCUT2D eigenvalue weighted by atomic mass is 32.2. The van der Waals surface area contributed by atoms with Gasteiger partial charge in [-0.15, -0.1) is 0 Å². The summed E-state index contributed by atoms with van der Waals surface area (Å²) < 4.78 is 0. The maximum Gasteiger partial charge on any atom is 0.0311 e. The zero-order valence-corrected chi connectivity index (χ0v) is 13.7. The highest BCUT2D eigenvalue weighted by molar-refractivity contribution is 7.99. The molecule has 1 aliphatic carbocycles. The van der Waals surface area contributed by atoms with E-state index in [4.69, 9.17) is 0 Å². The maximum absolute atomic E-state index is 3.77. The van der Waals surface area contributed by atoms with Crippen molar-refractivity contribution >= 4 is 11.8 Å². The molecule has 2 nitrogen and oxygen atoms in total. The van der Waals surface area contributed by atoms with E-state index in [1.54, 1.807) is 0 Å². The molecule has 112 valence electrons. The summed E-state index contributed by atoms with van der Waals surface area (Å²) in [5.41, 5.74) is 0. The van der Waals surface area contributed by atoms with E-state index in [2.05, 4.69) is 35.9 Å². The number of hydrogen-bond donors (Lipinski definition) is 1. The van der Waals surface area contributed by atoms with Gasteiger partial charge >= 0.3 is 0 Å². The predicted octanol–water partition coefficient (Wildman–Crippen LogP) is 3.37. The summed E-state index contributed by atoms with van der Waals surface area (Å²) in [5, 5.41) is 3.77. The molecular weight excluding hydrogens is 252 g/mol. The first-order valence-corrected chi connectivity index (χ1v) is 9.43. The van der Waals surface area contributed by atoms with Gasteiger partial charge in [-0.05, 0) is 39.3 Å². The Morgan fingerprint density at radius 2 is 1.68 bits per heavy atom. The van der Waals surface area contributed by atoms with Gasteiger partial charge in [0.25, 0.3) is 0 Å². The van der Waals surface area contributed by atoms with Crippen LogP contribution in [0.1, 0.15) is 51.9 Å². The van der Waals surface area contributed by atoms with Crippen LogP contribution >= 0.6 is 11.8 Å². The molecular formula is C16H32N2S. The van der Waals surface area contributed by atoms with Gasteiger partial charge in [-0.1, -0.05) is 32.1 Å². The standard InChI is InChI=1S/C16H32N2S/c1-14-12-19-13-16(18(14)2)11-17-10-15-8-6-4-3-5-7-9-15/h14-17H,3-13H2,1-2H3/t14?,16-/m1/s1. The van der Waals surface area contributed by atoms with Crippen molar-refractivity contribution in [3.8, 4) is 0 Å². The first kappa shape index (κ1) is 15.7. The van der Waals surface area contributed by atoms with Gasteiger partial charge in [0.2, 0.25) is 0 Å². The maximum atomic E-state index is 3.77. The molecule has 1 saturated carbocycles. The van der Waals surface area contributed by atoms with Gasteiger partial charge in [0, 0.05) is 30.1 Å². The van der Waals surface area contributed by atoms with Crippen LogP contribution in [0, 0.1) is 5.92 Å². The molecule has 0 spiro atoms. The van der Waals surface area contributed by atoms with Crippen molar-refractivity contribution in [2.45, 2.75) is 64.0 Å². The molecule has 0 amide bonds. The lowest BCUT2D eigenvalue weighted by Crippen LogP contribution is -2.50. The number of rotatable bonds is 4. The van der Waals surface area contributed by atoms with Crippen LogP contribution in [0.5, 0.6) is 0 Å². The van der Waals surface area contributed by atoms with Crippen LogP contribution in [0.3, 0.4) is 0 Å². The molecule has 1 saturated heterocycles. The van der Waals surface area contributed by atoms with Crippen molar-refractivity contribution in [3.05, 3.63) is 0 Å². The lowest BCUT2D eigenvalue weighted by atomic mass is 9.91. The molecule has 0 bridgehead atoms. The minimum atomic E-state index is 0.738. The molecule has 1 aliphatic heterocycles. The van der Waals surface area contributed by atoms with Crippen LogP contribution < -0.4 is 5.32 Å². The van der Waals surface area contributed by atoms with E-state index in [0.717, 1.165) is 18.0 Å². The van der Waals surface area contributed by atoms with Crippen LogP contribution in [-0.2, 0) is 0 Å².